The van der Waals surface area contributed by atoms with Crippen LogP contribution in [0.25, 0.3) is 17.1 Å². The van der Waals surface area contributed by atoms with Gasteiger partial charge in [-0.3, -0.25) is 0 Å². The van der Waals surface area contributed by atoms with Crippen molar-refractivity contribution >= 4 is 5.69 Å². The minimum absolute atomic E-state index is 0.580. The van der Waals surface area contributed by atoms with E-state index in [1.165, 1.54) is 0 Å². The van der Waals surface area contributed by atoms with Crippen LogP contribution >= 0.6 is 0 Å². The third kappa shape index (κ3) is 3.14. The molecule has 6 heteroatoms. The van der Waals surface area contributed by atoms with Crippen molar-refractivity contribution in [2.45, 2.75) is 6.54 Å². The summed E-state index contributed by atoms with van der Waals surface area (Å²) in [6.45, 7) is 0.580. The fraction of sp³-hybridized carbons (Fsp3) is 0.105. The molecule has 2 aromatic heterocycles. The van der Waals surface area contributed by atoms with Gasteiger partial charge in [0.25, 0.3) is 0 Å². The predicted molar refractivity (Wildman–Crippen MR) is 97.3 cm³/mol. The number of benzene rings is 2. The summed E-state index contributed by atoms with van der Waals surface area (Å²) >= 11 is 0. The maximum atomic E-state index is 4.39. The van der Waals surface area contributed by atoms with Crippen LogP contribution in [0.4, 0.5) is 5.69 Å². The quantitative estimate of drug-likeness (QED) is 0.610. The van der Waals surface area contributed by atoms with Gasteiger partial charge in [0, 0.05) is 12.6 Å². The van der Waals surface area contributed by atoms with Crippen LogP contribution in [0.15, 0.2) is 73.1 Å². The van der Waals surface area contributed by atoms with Gasteiger partial charge in [-0.2, -0.15) is 5.10 Å². The summed E-state index contributed by atoms with van der Waals surface area (Å²) in [5.41, 5.74) is 3.02. The maximum absolute atomic E-state index is 4.39. The number of anilines is 1. The molecule has 2 aromatic carbocycles. The molecule has 0 unspecified atom stereocenters. The van der Waals surface area contributed by atoms with E-state index >= 15 is 0 Å². The zero-order valence-electron chi connectivity index (χ0n) is 13.9. The molecule has 0 fully saturated rings. The number of aromatic nitrogens is 5. The molecule has 124 valence electrons. The van der Waals surface area contributed by atoms with Gasteiger partial charge in [0.05, 0.1) is 30.3 Å². The molecule has 0 aliphatic carbocycles. The van der Waals surface area contributed by atoms with Crippen molar-refractivity contribution in [3.05, 3.63) is 78.9 Å². The Balaban J connectivity index is 1.48. The van der Waals surface area contributed by atoms with E-state index < -0.39 is 0 Å². The fourth-order valence-electron chi connectivity index (χ4n) is 2.67. The Bertz CT molecular complexity index is 956. The second-order valence-corrected chi connectivity index (χ2v) is 5.73. The zero-order valence-corrected chi connectivity index (χ0v) is 13.9. The van der Waals surface area contributed by atoms with E-state index in [0.717, 1.165) is 28.6 Å². The van der Waals surface area contributed by atoms with E-state index in [2.05, 4.69) is 20.6 Å². The largest absolute Gasteiger partial charge is 0.375 e. The first-order valence-corrected chi connectivity index (χ1v) is 8.09. The molecular formula is C19H18N6. The topological polar surface area (TPSA) is 60.6 Å². The molecule has 0 radical (unpaired) electrons. The number of nitrogens with zero attached hydrogens (tertiary/aromatic N) is 5. The number of para-hydroxylation sites is 1. The Labute approximate surface area is 145 Å². The highest BCUT2D eigenvalue weighted by atomic mass is 15.3. The molecular weight excluding hydrogens is 312 g/mol. The Morgan fingerprint density at radius 2 is 1.64 bits per heavy atom. The van der Waals surface area contributed by atoms with Crippen molar-refractivity contribution in [1.29, 1.82) is 0 Å². The van der Waals surface area contributed by atoms with Gasteiger partial charge < -0.3 is 9.88 Å². The van der Waals surface area contributed by atoms with Gasteiger partial charge in [0.15, 0.2) is 11.6 Å². The predicted octanol–water partition coefficient (Wildman–Crippen LogP) is 3.28. The van der Waals surface area contributed by atoms with E-state index in [1.54, 1.807) is 0 Å². The molecule has 0 aliphatic heterocycles. The molecule has 4 rings (SSSR count). The van der Waals surface area contributed by atoms with E-state index in [9.17, 15) is 0 Å². The van der Waals surface area contributed by atoms with Gasteiger partial charge in [-0.1, -0.05) is 48.5 Å². The zero-order chi connectivity index (χ0) is 17.1. The van der Waals surface area contributed by atoms with Crippen molar-refractivity contribution < 1.29 is 0 Å². The third-order valence-electron chi connectivity index (χ3n) is 4.05. The lowest BCUT2D eigenvalue weighted by atomic mass is 10.2. The van der Waals surface area contributed by atoms with Crippen molar-refractivity contribution in [2.24, 2.45) is 7.05 Å². The first kappa shape index (κ1) is 15.1. The van der Waals surface area contributed by atoms with E-state index in [-0.39, 0.29) is 0 Å². The smallest absolute Gasteiger partial charge is 0.163 e. The third-order valence-corrected chi connectivity index (χ3v) is 4.05. The lowest BCUT2D eigenvalue weighted by Crippen LogP contribution is -2.06. The summed E-state index contributed by atoms with van der Waals surface area (Å²) < 4.78 is 3.85. The van der Waals surface area contributed by atoms with E-state index in [0.29, 0.717) is 6.54 Å². The van der Waals surface area contributed by atoms with Gasteiger partial charge in [-0.05, 0) is 12.1 Å². The summed E-state index contributed by atoms with van der Waals surface area (Å²) in [5.74, 6) is 1.73. The SMILES string of the molecule is Cn1c(CNc2cnn(-c3ccccc3)c2)nnc1-c1ccccc1. The maximum Gasteiger partial charge on any atom is 0.163 e. The molecule has 0 aliphatic rings. The molecule has 0 spiro atoms. The highest BCUT2D eigenvalue weighted by molar-refractivity contribution is 5.55. The first-order chi connectivity index (χ1) is 12.3. The van der Waals surface area contributed by atoms with Crippen LogP contribution in [0.3, 0.4) is 0 Å². The van der Waals surface area contributed by atoms with Gasteiger partial charge in [0.1, 0.15) is 0 Å². The van der Waals surface area contributed by atoms with Gasteiger partial charge >= 0.3 is 0 Å². The molecule has 0 bridgehead atoms. The van der Waals surface area contributed by atoms with Crippen LogP contribution in [-0.2, 0) is 13.6 Å². The minimum Gasteiger partial charge on any atom is -0.375 e. The molecule has 25 heavy (non-hydrogen) atoms. The van der Waals surface area contributed by atoms with Gasteiger partial charge in [0.2, 0.25) is 0 Å². The highest BCUT2D eigenvalue weighted by Crippen LogP contribution is 2.17. The Morgan fingerprint density at radius 3 is 2.40 bits per heavy atom. The van der Waals surface area contributed by atoms with Crippen LogP contribution in [-0.4, -0.2) is 24.5 Å². The number of hydrogen-bond donors (Lipinski definition) is 1. The normalized spacial score (nSPS) is 10.8. The summed E-state index contributed by atoms with van der Waals surface area (Å²) in [7, 11) is 1.98. The average molecular weight is 330 g/mol. The molecule has 0 atom stereocenters. The fourth-order valence-corrected chi connectivity index (χ4v) is 2.67. The Kier molecular flexibility index (Phi) is 4.00. The summed E-state index contributed by atoms with van der Waals surface area (Å²) in [6.07, 6.45) is 3.77. The summed E-state index contributed by atoms with van der Waals surface area (Å²) in [5, 5.41) is 16.3. The first-order valence-electron chi connectivity index (χ1n) is 8.09. The summed E-state index contributed by atoms with van der Waals surface area (Å²) in [6, 6.07) is 20.1. The molecule has 0 amide bonds. The average Bonchev–Trinajstić information content (AvgIpc) is 3.28. The van der Waals surface area contributed by atoms with Crippen LogP contribution in [0.2, 0.25) is 0 Å². The highest BCUT2D eigenvalue weighted by Gasteiger charge is 2.10. The van der Waals surface area contributed by atoms with Crippen LogP contribution in [0.1, 0.15) is 5.82 Å². The van der Waals surface area contributed by atoms with Gasteiger partial charge in [-0.15, -0.1) is 10.2 Å². The molecule has 6 nitrogen and oxygen atoms in total. The lowest BCUT2D eigenvalue weighted by Gasteiger charge is -2.05. The lowest BCUT2D eigenvalue weighted by molar-refractivity contribution is 0.817. The van der Waals surface area contributed by atoms with Crippen molar-refractivity contribution in [2.75, 3.05) is 5.32 Å². The van der Waals surface area contributed by atoms with E-state index in [1.807, 2.05) is 89.4 Å². The number of nitrogens with one attached hydrogen (secondary N) is 1. The van der Waals surface area contributed by atoms with Crippen molar-refractivity contribution in [3.63, 3.8) is 0 Å². The van der Waals surface area contributed by atoms with Gasteiger partial charge in [-0.25, -0.2) is 4.68 Å². The second kappa shape index (κ2) is 6.60. The Morgan fingerprint density at radius 1 is 0.920 bits per heavy atom. The van der Waals surface area contributed by atoms with Crippen molar-refractivity contribution in [1.82, 2.24) is 24.5 Å². The van der Waals surface area contributed by atoms with Crippen molar-refractivity contribution in [3.8, 4) is 17.1 Å². The monoisotopic (exact) mass is 330 g/mol. The Hall–Kier alpha value is -3.41. The number of rotatable bonds is 5. The molecule has 2 heterocycles. The molecule has 1 N–H and O–H groups in total. The molecule has 0 saturated heterocycles. The minimum atomic E-state index is 0.580. The standard InChI is InChI=1S/C19H18N6/c1-24-18(22-23-19(24)15-8-4-2-5-9-15)13-20-16-12-21-25(14-16)17-10-6-3-7-11-17/h2-12,14,20H,13H2,1H3. The summed E-state index contributed by atoms with van der Waals surface area (Å²) in [4.78, 5) is 0. The van der Waals surface area contributed by atoms with Crippen LogP contribution in [0, 0.1) is 0 Å². The number of hydrogen-bond acceptors (Lipinski definition) is 4. The van der Waals surface area contributed by atoms with Crippen LogP contribution < -0.4 is 5.32 Å². The second-order valence-electron chi connectivity index (χ2n) is 5.73. The molecule has 4 aromatic rings. The molecule has 0 saturated carbocycles. The van der Waals surface area contributed by atoms with Crippen LogP contribution in [0.5, 0.6) is 0 Å². The van der Waals surface area contributed by atoms with E-state index in [4.69, 9.17) is 0 Å².